The molecule has 3 N–H and O–H groups in total. The number of nitrogens with two attached hydrogens (primary N) is 1. The van der Waals surface area contributed by atoms with E-state index in [9.17, 15) is 5.11 Å². The molecule has 0 aliphatic rings. The van der Waals surface area contributed by atoms with E-state index in [-0.39, 0.29) is 6.54 Å². The number of hydrogen-bond donors (Lipinski definition) is 2. The second-order valence-electron chi connectivity index (χ2n) is 3.61. The number of benzene rings is 1. The highest BCUT2D eigenvalue weighted by Crippen LogP contribution is 2.30. The van der Waals surface area contributed by atoms with Crippen molar-refractivity contribution in [2.75, 3.05) is 6.54 Å². The summed E-state index contributed by atoms with van der Waals surface area (Å²) in [6, 6.07) is 5.11. The van der Waals surface area contributed by atoms with Crippen LogP contribution in [0, 0.1) is 0 Å². The van der Waals surface area contributed by atoms with Crippen LogP contribution >= 0.6 is 23.2 Å². The van der Waals surface area contributed by atoms with Crippen molar-refractivity contribution in [2.24, 2.45) is 5.73 Å². The van der Waals surface area contributed by atoms with Gasteiger partial charge < -0.3 is 10.8 Å². The van der Waals surface area contributed by atoms with E-state index in [2.05, 4.69) is 0 Å². The van der Waals surface area contributed by atoms with Crippen LogP contribution in [0.2, 0.25) is 10.0 Å². The first-order chi connectivity index (χ1) is 7.03. The third-order valence-corrected chi connectivity index (χ3v) is 3.20. The molecule has 0 spiro atoms. The highest BCUT2D eigenvalue weighted by molar-refractivity contribution is 6.42. The molecule has 0 heterocycles. The lowest BCUT2D eigenvalue weighted by Crippen LogP contribution is -2.34. The molecule has 1 aromatic rings. The summed E-state index contributed by atoms with van der Waals surface area (Å²) < 4.78 is 0. The first-order valence-corrected chi connectivity index (χ1v) is 5.67. The maximum atomic E-state index is 10.3. The minimum absolute atomic E-state index is 0.179. The summed E-state index contributed by atoms with van der Waals surface area (Å²) in [4.78, 5) is 0. The van der Waals surface area contributed by atoms with Crippen LogP contribution in [0.25, 0.3) is 0 Å². The lowest BCUT2D eigenvalue weighted by Gasteiger charge is -2.26. The molecule has 0 bridgehead atoms. The van der Waals surface area contributed by atoms with E-state index < -0.39 is 5.60 Å². The normalized spacial score (nSPS) is 15.0. The highest BCUT2D eigenvalue weighted by atomic mass is 35.5. The third-order valence-electron chi connectivity index (χ3n) is 2.46. The predicted molar refractivity (Wildman–Crippen MR) is 64.3 cm³/mol. The summed E-state index contributed by atoms with van der Waals surface area (Å²) in [7, 11) is 0. The van der Waals surface area contributed by atoms with E-state index in [1.54, 1.807) is 18.2 Å². The van der Waals surface area contributed by atoms with Gasteiger partial charge in [-0.2, -0.15) is 0 Å². The molecule has 0 fully saturated rings. The van der Waals surface area contributed by atoms with Gasteiger partial charge in [-0.05, 0) is 24.1 Å². The maximum absolute atomic E-state index is 10.3. The van der Waals surface area contributed by atoms with Gasteiger partial charge in [0.05, 0.1) is 10.0 Å². The number of aliphatic hydroxyl groups is 1. The largest absolute Gasteiger partial charge is 0.384 e. The van der Waals surface area contributed by atoms with E-state index in [4.69, 9.17) is 28.9 Å². The van der Waals surface area contributed by atoms with Gasteiger partial charge in [-0.1, -0.05) is 42.6 Å². The fourth-order valence-electron chi connectivity index (χ4n) is 1.56. The Labute approximate surface area is 100.0 Å². The average Bonchev–Trinajstić information content (AvgIpc) is 2.22. The van der Waals surface area contributed by atoms with Crippen LogP contribution in [0.5, 0.6) is 0 Å². The molecule has 15 heavy (non-hydrogen) atoms. The van der Waals surface area contributed by atoms with E-state index in [1.807, 2.05) is 6.92 Å². The molecule has 0 radical (unpaired) electrons. The van der Waals surface area contributed by atoms with Crippen LogP contribution in [-0.2, 0) is 5.60 Å². The van der Waals surface area contributed by atoms with Crippen molar-refractivity contribution >= 4 is 23.2 Å². The molecule has 1 atom stereocenters. The first-order valence-electron chi connectivity index (χ1n) is 4.91. The molecule has 0 saturated carbocycles. The van der Waals surface area contributed by atoms with Gasteiger partial charge >= 0.3 is 0 Å². The van der Waals surface area contributed by atoms with Crippen LogP contribution in [0.4, 0.5) is 0 Å². The van der Waals surface area contributed by atoms with Crippen LogP contribution in [0.1, 0.15) is 25.3 Å². The van der Waals surface area contributed by atoms with Gasteiger partial charge in [-0.3, -0.25) is 0 Å². The predicted octanol–water partition coefficient (Wildman–Crippen LogP) is 2.94. The fourth-order valence-corrected chi connectivity index (χ4v) is 1.86. The van der Waals surface area contributed by atoms with Crippen LogP contribution < -0.4 is 5.73 Å². The molecule has 4 heteroatoms. The zero-order valence-corrected chi connectivity index (χ0v) is 10.1. The van der Waals surface area contributed by atoms with E-state index in [0.29, 0.717) is 16.5 Å². The Kier molecular flexibility index (Phi) is 4.41. The number of hydrogen-bond acceptors (Lipinski definition) is 2. The van der Waals surface area contributed by atoms with E-state index in [0.717, 1.165) is 12.0 Å². The third kappa shape index (κ3) is 2.85. The fraction of sp³-hybridized carbons (Fsp3) is 0.455. The Balaban J connectivity index is 3.07. The molecule has 1 rings (SSSR count). The summed E-state index contributed by atoms with van der Waals surface area (Å²) in [5.74, 6) is 0. The monoisotopic (exact) mass is 247 g/mol. The molecule has 0 aliphatic carbocycles. The summed E-state index contributed by atoms with van der Waals surface area (Å²) >= 11 is 11.7. The van der Waals surface area contributed by atoms with Crippen LogP contribution in [-0.4, -0.2) is 11.7 Å². The molecular weight excluding hydrogens is 233 g/mol. The average molecular weight is 248 g/mol. The summed E-state index contributed by atoms with van der Waals surface area (Å²) in [5.41, 5.74) is 5.31. The van der Waals surface area contributed by atoms with Crippen molar-refractivity contribution in [1.29, 1.82) is 0 Å². The number of halogens is 2. The summed E-state index contributed by atoms with van der Waals surface area (Å²) in [6.45, 7) is 2.18. The van der Waals surface area contributed by atoms with Crippen molar-refractivity contribution in [3.63, 3.8) is 0 Å². The van der Waals surface area contributed by atoms with Gasteiger partial charge in [0.15, 0.2) is 0 Å². The number of rotatable bonds is 4. The highest BCUT2D eigenvalue weighted by Gasteiger charge is 2.26. The van der Waals surface area contributed by atoms with Gasteiger partial charge in [0.2, 0.25) is 0 Å². The molecule has 0 aliphatic heterocycles. The molecule has 84 valence electrons. The van der Waals surface area contributed by atoms with Crippen molar-refractivity contribution in [3.05, 3.63) is 33.8 Å². The Morgan fingerprint density at radius 2 is 2.00 bits per heavy atom. The van der Waals surface area contributed by atoms with Gasteiger partial charge in [0.25, 0.3) is 0 Å². The lowest BCUT2D eigenvalue weighted by atomic mass is 9.89. The molecule has 1 unspecified atom stereocenters. The van der Waals surface area contributed by atoms with Gasteiger partial charge in [0.1, 0.15) is 5.60 Å². The Morgan fingerprint density at radius 1 is 1.33 bits per heavy atom. The maximum Gasteiger partial charge on any atom is 0.102 e. The lowest BCUT2D eigenvalue weighted by molar-refractivity contribution is 0.0359. The smallest absolute Gasteiger partial charge is 0.102 e. The molecule has 0 amide bonds. The topological polar surface area (TPSA) is 46.2 Å². The zero-order valence-electron chi connectivity index (χ0n) is 8.63. The molecule has 0 aromatic heterocycles. The zero-order chi connectivity index (χ0) is 11.5. The first kappa shape index (κ1) is 12.8. The summed E-state index contributed by atoms with van der Waals surface area (Å²) in [6.07, 6.45) is 1.47. The van der Waals surface area contributed by atoms with Gasteiger partial charge in [-0.15, -0.1) is 0 Å². The van der Waals surface area contributed by atoms with Crippen molar-refractivity contribution < 1.29 is 5.11 Å². The second kappa shape index (κ2) is 5.17. The minimum atomic E-state index is -0.997. The molecule has 0 saturated heterocycles. The standard InChI is InChI=1S/C11H15Cl2NO/c1-2-5-11(15,7-14)8-3-4-9(12)10(13)6-8/h3-4,6,15H,2,5,7,14H2,1H3. The molecule has 2 nitrogen and oxygen atoms in total. The Bertz CT molecular complexity index is 343. The van der Waals surface area contributed by atoms with Crippen LogP contribution in [0.3, 0.4) is 0 Å². The van der Waals surface area contributed by atoms with Crippen LogP contribution in [0.15, 0.2) is 18.2 Å². The minimum Gasteiger partial charge on any atom is -0.384 e. The quantitative estimate of drug-likeness (QED) is 0.860. The van der Waals surface area contributed by atoms with Gasteiger partial charge in [-0.25, -0.2) is 0 Å². The van der Waals surface area contributed by atoms with Gasteiger partial charge in [0, 0.05) is 6.54 Å². The van der Waals surface area contributed by atoms with Crippen molar-refractivity contribution in [1.82, 2.24) is 0 Å². The second-order valence-corrected chi connectivity index (χ2v) is 4.43. The summed E-state index contributed by atoms with van der Waals surface area (Å²) in [5, 5.41) is 11.2. The van der Waals surface area contributed by atoms with E-state index >= 15 is 0 Å². The Hall–Kier alpha value is -0.280. The van der Waals surface area contributed by atoms with E-state index in [1.165, 1.54) is 0 Å². The van der Waals surface area contributed by atoms with Crippen molar-refractivity contribution in [2.45, 2.75) is 25.4 Å². The molecule has 1 aromatic carbocycles. The Morgan fingerprint density at radius 3 is 2.47 bits per heavy atom. The SMILES string of the molecule is CCCC(O)(CN)c1ccc(Cl)c(Cl)c1. The molecular formula is C11H15Cl2NO. The van der Waals surface area contributed by atoms with Crippen molar-refractivity contribution in [3.8, 4) is 0 Å².